The van der Waals surface area contributed by atoms with E-state index in [9.17, 15) is 0 Å². The van der Waals surface area contributed by atoms with Gasteiger partial charge in [0.2, 0.25) is 0 Å². The summed E-state index contributed by atoms with van der Waals surface area (Å²) in [4.78, 5) is 9.28. The third kappa shape index (κ3) is 2.48. The Morgan fingerprint density at radius 1 is 1.38 bits per heavy atom. The van der Waals surface area contributed by atoms with Crippen molar-refractivity contribution in [2.75, 3.05) is 18.1 Å². The van der Waals surface area contributed by atoms with E-state index in [0.717, 1.165) is 22.4 Å². The predicted octanol–water partition coefficient (Wildman–Crippen LogP) is 3.21. The molecule has 1 fully saturated rings. The standard InChI is InChI=1S/C12H19N3S/c1-4-7-16-12-8(2)10(13-3)14-11(15-12)9-5-6-9/h9H,4-7H2,1-3H3,(H,13,14,15). The van der Waals surface area contributed by atoms with E-state index in [1.165, 1.54) is 24.8 Å². The highest BCUT2D eigenvalue weighted by molar-refractivity contribution is 7.99. The Morgan fingerprint density at radius 2 is 2.12 bits per heavy atom. The van der Waals surface area contributed by atoms with Crippen molar-refractivity contribution < 1.29 is 0 Å². The van der Waals surface area contributed by atoms with Gasteiger partial charge in [-0.3, -0.25) is 0 Å². The molecule has 0 spiro atoms. The second kappa shape index (κ2) is 5.04. The van der Waals surface area contributed by atoms with E-state index in [1.54, 1.807) is 0 Å². The van der Waals surface area contributed by atoms with Gasteiger partial charge in [0.25, 0.3) is 0 Å². The van der Waals surface area contributed by atoms with Gasteiger partial charge in [-0.05, 0) is 31.9 Å². The number of thioether (sulfide) groups is 1. The summed E-state index contributed by atoms with van der Waals surface area (Å²) in [5.74, 6) is 3.78. The fourth-order valence-electron chi connectivity index (χ4n) is 1.62. The minimum atomic E-state index is 0.619. The van der Waals surface area contributed by atoms with E-state index in [0.29, 0.717) is 5.92 Å². The summed E-state index contributed by atoms with van der Waals surface area (Å²) in [6.45, 7) is 4.30. The van der Waals surface area contributed by atoms with Gasteiger partial charge in [-0.25, -0.2) is 9.97 Å². The molecule has 1 aromatic rings. The van der Waals surface area contributed by atoms with Gasteiger partial charge < -0.3 is 5.32 Å². The largest absolute Gasteiger partial charge is 0.373 e. The number of anilines is 1. The summed E-state index contributed by atoms with van der Waals surface area (Å²) in [7, 11) is 1.93. The van der Waals surface area contributed by atoms with Crippen LogP contribution in [0.2, 0.25) is 0 Å². The van der Waals surface area contributed by atoms with Crippen LogP contribution < -0.4 is 5.32 Å². The first-order chi connectivity index (χ1) is 7.76. The SMILES string of the molecule is CCCSc1nc(C2CC2)nc(NC)c1C. The lowest BCUT2D eigenvalue weighted by molar-refractivity contribution is 0.864. The molecule has 4 heteroatoms. The zero-order valence-electron chi connectivity index (χ0n) is 10.2. The Balaban J connectivity index is 2.28. The van der Waals surface area contributed by atoms with Gasteiger partial charge in [0.15, 0.2) is 0 Å². The first kappa shape index (κ1) is 11.7. The maximum Gasteiger partial charge on any atom is 0.135 e. The third-order valence-electron chi connectivity index (χ3n) is 2.74. The summed E-state index contributed by atoms with van der Waals surface area (Å²) in [5.41, 5.74) is 1.19. The molecule has 0 aromatic carbocycles. The molecule has 2 rings (SSSR count). The van der Waals surface area contributed by atoms with Crippen LogP contribution in [0, 0.1) is 6.92 Å². The van der Waals surface area contributed by atoms with E-state index in [1.807, 2.05) is 18.8 Å². The van der Waals surface area contributed by atoms with Crippen molar-refractivity contribution >= 4 is 17.6 Å². The molecule has 1 aliphatic rings. The summed E-state index contributed by atoms with van der Waals surface area (Å²) < 4.78 is 0. The van der Waals surface area contributed by atoms with Crippen molar-refractivity contribution in [2.24, 2.45) is 0 Å². The topological polar surface area (TPSA) is 37.8 Å². The first-order valence-corrected chi connectivity index (χ1v) is 6.94. The summed E-state index contributed by atoms with van der Waals surface area (Å²) in [6.07, 6.45) is 3.69. The molecule has 1 heterocycles. The molecule has 0 aliphatic heterocycles. The fraction of sp³-hybridized carbons (Fsp3) is 0.667. The van der Waals surface area contributed by atoms with Gasteiger partial charge in [-0.1, -0.05) is 6.92 Å². The van der Waals surface area contributed by atoms with Crippen LogP contribution in [0.5, 0.6) is 0 Å². The van der Waals surface area contributed by atoms with E-state index in [2.05, 4.69) is 24.1 Å². The van der Waals surface area contributed by atoms with Gasteiger partial charge >= 0.3 is 0 Å². The van der Waals surface area contributed by atoms with Gasteiger partial charge in [0.05, 0.1) is 0 Å². The summed E-state index contributed by atoms with van der Waals surface area (Å²) in [5, 5.41) is 4.33. The first-order valence-electron chi connectivity index (χ1n) is 5.95. The number of rotatable bonds is 5. The normalized spacial score (nSPS) is 15.2. The van der Waals surface area contributed by atoms with Crippen LogP contribution in [0.25, 0.3) is 0 Å². The summed E-state index contributed by atoms with van der Waals surface area (Å²) in [6, 6.07) is 0. The maximum atomic E-state index is 4.69. The van der Waals surface area contributed by atoms with Crippen LogP contribution in [0.3, 0.4) is 0 Å². The van der Waals surface area contributed by atoms with Gasteiger partial charge in [0.1, 0.15) is 16.7 Å². The molecular weight excluding hydrogens is 218 g/mol. The second-order valence-electron chi connectivity index (χ2n) is 4.23. The molecule has 1 saturated carbocycles. The number of nitrogens with one attached hydrogen (secondary N) is 1. The van der Waals surface area contributed by atoms with E-state index >= 15 is 0 Å². The lowest BCUT2D eigenvalue weighted by atomic mass is 10.3. The molecule has 0 unspecified atom stereocenters. The average molecular weight is 237 g/mol. The summed E-state index contributed by atoms with van der Waals surface area (Å²) >= 11 is 1.84. The molecule has 3 nitrogen and oxygen atoms in total. The number of aromatic nitrogens is 2. The predicted molar refractivity (Wildman–Crippen MR) is 69.3 cm³/mol. The van der Waals surface area contributed by atoms with Crippen LogP contribution in [0.1, 0.15) is 43.5 Å². The third-order valence-corrected chi connectivity index (χ3v) is 4.02. The average Bonchev–Trinajstić information content (AvgIpc) is 3.11. The Morgan fingerprint density at radius 3 is 2.69 bits per heavy atom. The van der Waals surface area contributed by atoms with Crippen LogP contribution >= 0.6 is 11.8 Å². The highest BCUT2D eigenvalue weighted by Crippen LogP contribution is 2.39. The lowest BCUT2D eigenvalue weighted by Gasteiger charge is -2.11. The number of hydrogen-bond donors (Lipinski definition) is 1. The minimum Gasteiger partial charge on any atom is -0.373 e. The van der Waals surface area contributed by atoms with Crippen LogP contribution in [0.15, 0.2) is 5.03 Å². The van der Waals surface area contributed by atoms with Crippen molar-refractivity contribution in [1.29, 1.82) is 0 Å². The van der Waals surface area contributed by atoms with Crippen molar-refractivity contribution in [1.82, 2.24) is 9.97 Å². The van der Waals surface area contributed by atoms with E-state index in [-0.39, 0.29) is 0 Å². The highest BCUT2D eigenvalue weighted by Gasteiger charge is 2.28. The molecule has 0 bridgehead atoms. The molecule has 0 atom stereocenters. The van der Waals surface area contributed by atoms with Crippen molar-refractivity contribution in [3.05, 3.63) is 11.4 Å². The van der Waals surface area contributed by atoms with Crippen molar-refractivity contribution in [2.45, 2.75) is 44.1 Å². The van der Waals surface area contributed by atoms with Gasteiger partial charge in [-0.2, -0.15) is 0 Å². The molecule has 0 amide bonds. The molecule has 0 radical (unpaired) electrons. The molecule has 88 valence electrons. The van der Waals surface area contributed by atoms with Gasteiger partial charge in [0, 0.05) is 18.5 Å². The minimum absolute atomic E-state index is 0.619. The Kier molecular flexibility index (Phi) is 3.69. The number of nitrogens with zero attached hydrogens (tertiary/aromatic N) is 2. The molecular formula is C12H19N3S. The Bertz CT molecular complexity index is 375. The molecule has 16 heavy (non-hydrogen) atoms. The smallest absolute Gasteiger partial charge is 0.135 e. The van der Waals surface area contributed by atoms with Crippen LogP contribution in [-0.4, -0.2) is 22.8 Å². The fourth-order valence-corrected chi connectivity index (χ4v) is 2.49. The van der Waals surface area contributed by atoms with E-state index in [4.69, 9.17) is 4.98 Å². The van der Waals surface area contributed by atoms with Crippen molar-refractivity contribution in [3.8, 4) is 0 Å². The lowest BCUT2D eigenvalue weighted by Crippen LogP contribution is -2.04. The Labute approximate surface area is 101 Å². The quantitative estimate of drug-likeness (QED) is 0.630. The number of hydrogen-bond acceptors (Lipinski definition) is 4. The van der Waals surface area contributed by atoms with Crippen LogP contribution in [0.4, 0.5) is 5.82 Å². The van der Waals surface area contributed by atoms with E-state index < -0.39 is 0 Å². The van der Waals surface area contributed by atoms with Crippen molar-refractivity contribution in [3.63, 3.8) is 0 Å². The van der Waals surface area contributed by atoms with Gasteiger partial charge in [-0.15, -0.1) is 11.8 Å². The monoisotopic (exact) mass is 237 g/mol. The second-order valence-corrected chi connectivity index (χ2v) is 5.32. The zero-order chi connectivity index (χ0) is 11.5. The zero-order valence-corrected chi connectivity index (χ0v) is 11.0. The molecule has 1 aliphatic carbocycles. The highest BCUT2D eigenvalue weighted by atomic mass is 32.2. The molecule has 1 N–H and O–H groups in total. The molecule has 1 aromatic heterocycles. The maximum absolute atomic E-state index is 4.69. The molecule has 0 saturated heterocycles. The van der Waals surface area contributed by atoms with Crippen LogP contribution in [-0.2, 0) is 0 Å². The Hall–Kier alpha value is -0.770.